The van der Waals surface area contributed by atoms with E-state index in [0.717, 1.165) is 11.1 Å². The van der Waals surface area contributed by atoms with Crippen molar-refractivity contribution in [2.75, 3.05) is 17.9 Å². The average Bonchev–Trinajstić information content (AvgIpc) is 2.80. The first-order valence-electron chi connectivity index (χ1n) is 10.6. The van der Waals surface area contributed by atoms with Crippen LogP contribution in [0.25, 0.3) is 0 Å². The van der Waals surface area contributed by atoms with Crippen LogP contribution in [0.4, 0.5) is 5.69 Å². The lowest BCUT2D eigenvalue weighted by Crippen LogP contribution is -2.27. The van der Waals surface area contributed by atoms with E-state index in [1.165, 1.54) is 0 Å². The van der Waals surface area contributed by atoms with Crippen molar-refractivity contribution in [3.8, 4) is 11.5 Å². The van der Waals surface area contributed by atoms with E-state index in [0.29, 0.717) is 41.5 Å². The fraction of sp³-hybridized carbons (Fsp3) is 0.240. The number of hydrogen-bond acceptors (Lipinski definition) is 5. The van der Waals surface area contributed by atoms with Crippen LogP contribution in [-0.2, 0) is 10.0 Å². The summed E-state index contributed by atoms with van der Waals surface area (Å²) in [6.07, 6.45) is 0. The van der Waals surface area contributed by atoms with Crippen molar-refractivity contribution < 1.29 is 22.7 Å². The monoisotopic (exact) mass is 466 g/mol. The van der Waals surface area contributed by atoms with Gasteiger partial charge in [-0.3, -0.25) is 9.52 Å². The number of carbonyl (C=O) groups excluding carboxylic acids is 1. The summed E-state index contributed by atoms with van der Waals surface area (Å²) in [5.74, 6) is 1.03. The van der Waals surface area contributed by atoms with E-state index < -0.39 is 10.0 Å². The third kappa shape index (κ3) is 5.12. The smallest absolute Gasteiger partial charge is 0.261 e. The van der Waals surface area contributed by atoms with Crippen molar-refractivity contribution in [2.45, 2.75) is 31.7 Å². The van der Waals surface area contributed by atoms with Gasteiger partial charge in [-0.25, -0.2) is 8.42 Å². The molecule has 4 rings (SSSR count). The molecule has 0 radical (unpaired) electrons. The second-order valence-corrected chi connectivity index (χ2v) is 9.73. The van der Waals surface area contributed by atoms with Gasteiger partial charge in [-0.15, -0.1) is 0 Å². The molecule has 3 aromatic carbocycles. The number of rotatable bonds is 6. The molecule has 1 heterocycles. The molecule has 33 heavy (non-hydrogen) atoms. The van der Waals surface area contributed by atoms with E-state index in [2.05, 4.69) is 10.0 Å². The van der Waals surface area contributed by atoms with Crippen molar-refractivity contribution in [3.63, 3.8) is 0 Å². The lowest BCUT2D eigenvalue weighted by molar-refractivity contribution is 0.0939. The largest absolute Gasteiger partial charge is 0.486 e. The molecule has 0 spiro atoms. The summed E-state index contributed by atoms with van der Waals surface area (Å²) >= 11 is 0. The van der Waals surface area contributed by atoms with Gasteiger partial charge in [0, 0.05) is 5.56 Å². The minimum atomic E-state index is -3.78. The number of hydrogen-bond donors (Lipinski definition) is 2. The van der Waals surface area contributed by atoms with Crippen LogP contribution in [0.5, 0.6) is 11.5 Å². The quantitative estimate of drug-likeness (QED) is 0.563. The maximum absolute atomic E-state index is 12.9. The van der Waals surface area contributed by atoms with Crippen molar-refractivity contribution in [1.82, 2.24) is 5.32 Å². The molecule has 8 heteroatoms. The molecule has 1 aliphatic rings. The van der Waals surface area contributed by atoms with Gasteiger partial charge in [0.15, 0.2) is 11.5 Å². The number of ether oxygens (including phenoxy) is 2. The first-order chi connectivity index (χ1) is 15.7. The molecule has 0 saturated heterocycles. The molecule has 172 valence electrons. The highest BCUT2D eigenvalue weighted by Crippen LogP contribution is 2.32. The van der Waals surface area contributed by atoms with Crippen LogP contribution in [0.1, 0.15) is 40.0 Å². The number of nitrogens with one attached hydrogen (secondary N) is 2. The van der Waals surface area contributed by atoms with Gasteiger partial charge in [0.1, 0.15) is 13.2 Å². The molecule has 0 bridgehead atoms. The van der Waals surface area contributed by atoms with Gasteiger partial charge in [0.2, 0.25) is 0 Å². The van der Waals surface area contributed by atoms with Crippen molar-refractivity contribution in [2.24, 2.45) is 0 Å². The lowest BCUT2D eigenvalue weighted by Gasteiger charge is -2.21. The summed E-state index contributed by atoms with van der Waals surface area (Å²) < 4.78 is 39.3. The summed E-state index contributed by atoms with van der Waals surface area (Å²) in [5.41, 5.74) is 3.26. The Hall–Kier alpha value is -3.52. The van der Waals surface area contributed by atoms with Crippen LogP contribution in [0.3, 0.4) is 0 Å². The van der Waals surface area contributed by atoms with E-state index in [1.54, 1.807) is 49.4 Å². The van der Waals surface area contributed by atoms with Crippen LogP contribution >= 0.6 is 0 Å². The Balaban J connectivity index is 1.51. The molecule has 1 atom stereocenters. The van der Waals surface area contributed by atoms with Gasteiger partial charge in [-0.05, 0) is 68.3 Å². The third-order valence-electron chi connectivity index (χ3n) is 5.49. The summed E-state index contributed by atoms with van der Waals surface area (Å²) in [6, 6.07) is 16.8. The Morgan fingerprint density at radius 2 is 1.61 bits per heavy atom. The highest BCUT2D eigenvalue weighted by molar-refractivity contribution is 7.92. The fourth-order valence-electron chi connectivity index (χ4n) is 3.49. The summed E-state index contributed by atoms with van der Waals surface area (Å²) in [4.78, 5) is 13.1. The Bertz CT molecular complexity index is 1290. The van der Waals surface area contributed by atoms with Gasteiger partial charge in [0.05, 0.1) is 16.6 Å². The van der Waals surface area contributed by atoms with Gasteiger partial charge in [-0.1, -0.05) is 29.8 Å². The molecule has 1 amide bonds. The topological polar surface area (TPSA) is 93.7 Å². The second kappa shape index (κ2) is 9.15. The zero-order chi connectivity index (χ0) is 23.6. The first kappa shape index (κ1) is 22.7. The third-order valence-corrected chi connectivity index (χ3v) is 6.87. The van der Waals surface area contributed by atoms with E-state index >= 15 is 0 Å². The Morgan fingerprint density at radius 1 is 0.909 bits per heavy atom. The zero-order valence-corrected chi connectivity index (χ0v) is 19.5. The zero-order valence-electron chi connectivity index (χ0n) is 18.7. The highest BCUT2D eigenvalue weighted by atomic mass is 32.2. The van der Waals surface area contributed by atoms with Gasteiger partial charge in [0.25, 0.3) is 15.9 Å². The van der Waals surface area contributed by atoms with Crippen LogP contribution in [0.2, 0.25) is 0 Å². The van der Waals surface area contributed by atoms with E-state index in [1.807, 2.05) is 32.0 Å². The summed E-state index contributed by atoms with van der Waals surface area (Å²) in [5, 5.41) is 2.95. The Morgan fingerprint density at radius 3 is 2.33 bits per heavy atom. The first-order valence-corrected chi connectivity index (χ1v) is 12.1. The molecular formula is C25H26N2O5S. The summed E-state index contributed by atoms with van der Waals surface area (Å²) in [7, 11) is -3.78. The van der Waals surface area contributed by atoms with Crippen molar-refractivity contribution in [1.29, 1.82) is 0 Å². The molecule has 0 aliphatic carbocycles. The minimum absolute atomic E-state index is 0.162. The fourth-order valence-corrected chi connectivity index (χ4v) is 4.61. The van der Waals surface area contributed by atoms with E-state index in [9.17, 15) is 13.2 Å². The van der Waals surface area contributed by atoms with Crippen LogP contribution in [0.15, 0.2) is 65.6 Å². The molecule has 3 aromatic rings. The number of aryl methyl sites for hydroxylation is 2. The molecular weight excluding hydrogens is 440 g/mol. The molecule has 1 aliphatic heterocycles. The van der Waals surface area contributed by atoms with Crippen molar-refractivity contribution in [3.05, 3.63) is 82.9 Å². The van der Waals surface area contributed by atoms with E-state index in [-0.39, 0.29) is 16.8 Å². The number of sulfonamides is 1. The van der Waals surface area contributed by atoms with Gasteiger partial charge < -0.3 is 14.8 Å². The normalized spacial score (nSPS) is 13.8. The molecule has 0 unspecified atom stereocenters. The standard InChI is InChI=1S/C25H26N2O5S/c1-16-4-9-21(10-5-16)33(29,30)27-22-14-20(7-6-17(22)2)25(28)26-18(3)19-8-11-23-24(15-19)32-13-12-31-23/h4-11,14-15,18,27H,12-13H2,1-3H3,(H,26,28)/t18-/m0/s1. The van der Waals surface area contributed by atoms with Crippen molar-refractivity contribution >= 4 is 21.6 Å². The number of anilines is 1. The van der Waals surface area contributed by atoms with Crippen LogP contribution < -0.4 is 19.5 Å². The van der Waals surface area contributed by atoms with Gasteiger partial charge in [-0.2, -0.15) is 0 Å². The maximum atomic E-state index is 12.9. The number of fused-ring (bicyclic) bond motifs is 1. The number of benzene rings is 3. The van der Waals surface area contributed by atoms with E-state index in [4.69, 9.17) is 9.47 Å². The highest BCUT2D eigenvalue weighted by Gasteiger charge is 2.19. The average molecular weight is 467 g/mol. The van der Waals surface area contributed by atoms with Gasteiger partial charge >= 0.3 is 0 Å². The maximum Gasteiger partial charge on any atom is 0.261 e. The number of carbonyl (C=O) groups is 1. The molecule has 0 fully saturated rings. The summed E-state index contributed by atoms with van der Waals surface area (Å²) in [6.45, 7) is 6.55. The predicted octanol–water partition coefficient (Wildman–Crippen LogP) is 4.37. The molecule has 0 saturated carbocycles. The molecule has 2 N–H and O–H groups in total. The van der Waals surface area contributed by atoms with Crippen LogP contribution in [-0.4, -0.2) is 27.5 Å². The predicted molar refractivity (Wildman–Crippen MR) is 126 cm³/mol. The second-order valence-electron chi connectivity index (χ2n) is 8.05. The number of amides is 1. The SMILES string of the molecule is Cc1ccc(S(=O)(=O)Nc2cc(C(=O)N[C@@H](C)c3ccc4c(c3)OCCO4)ccc2C)cc1. The molecule has 0 aromatic heterocycles. The Kier molecular flexibility index (Phi) is 6.29. The Labute approximate surface area is 193 Å². The van der Waals surface area contributed by atoms with Crippen LogP contribution in [0, 0.1) is 13.8 Å². The molecule has 7 nitrogen and oxygen atoms in total. The minimum Gasteiger partial charge on any atom is -0.486 e. The lowest BCUT2D eigenvalue weighted by atomic mass is 10.1.